The molecule has 2 heteroatoms. The van der Waals surface area contributed by atoms with E-state index in [1.54, 1.807) is 0 Å². The van der Waals surface area contributed by atoms with E-state index in [9.17, 15) is 0 Å². The van der Waals surface area contributed by atoms with E-state index in [-0.39, 0.29) is 21.7 Å². The first-order chi connectivity index (χ1) is 18.2. The van der Waals surface area contributed by atoms with Gasteiger partial charge in [-0.05, 0) is 90.8 Å². The zero-order chi connectivity index (χ0) is 28.0. The molecule has 6 rings (SSSR count). The lowest BCUT2D eigenvalue weighted by molar-refractivity contribution is -0.671. The molecule has 0 aliphatic heterocycles. The highest BCUT2D eigenvalue weighted by atomic mass is 14.9. The predicted octanol–water partition coefficient (Wildman–Crippen LogP) is 8.53. The fraction of sp³-hybridized carbons (Fsp3) is 0.351. The maximum Gasteiger partial charge on any atom is 0.169 e. The van der Waals surface area contributed by atoms with Crippen molar-refractivity contribution in [1.29, 1.82) is 0 Å². The quantitative estimate of drug-likeness (QED) is 0.368. The predicted molar refractivity (Wildman–Crippen MR) is 162 cm³/mol. The highest BCUT2D eigenvalue weighted by Crippen LogP contribution is 2.70. The van der Waals surface area contributed by atoms with Crippen LogP contribution in [-0.4, -0.2) is 4.98 Å². The molecule has 0 bridgehead atoms. The zero-order valence-electron chi connectivity index (χ0n) is 25.0. The Morgan fingerprint density at radius 1 is 0.641 bits per heavy atom. The summed E-state index contributed by atoms with van der Waals surface area (Å²) in [5, 5.41) is 0. The van der Waals surface area contributed by atoms with Crippen LogP contribution in [0.2, 0.25) is 0 Å². The lowest BCUT2D eigenvalue weighted by Gasteiger charge is -2.59. The lowest BCUT2D eigenvalue weighted by atomic mass is 9.43. The summed E-state index contributed by atoms with van der Waals surface area (Å²) >= 11 is 0. The Labute approximate surface area is 234 Å². The molecular formula is C37H41N2+. The van der Waals surface area contributed by atoms with Crippen LogP contribution in [0.4, 0.5) is 0 Å². The molecule has 0 N–H and O–H groups in total. The fourth-order valence-electron chi connectivity index (χ4n) is 6.82. The van der Waals surface area contributed by atoms with Crippen LogP contribution in [-0.2, 0) is 7.05 Å². The zero-order valence-corrected chi connectivity index (χ0v) is 25.0. The number of nitrogens with zero attached hydrogens (tertiary/aromatic N) is 2. The van der Waals surface area contributed by atoms with Gasteiger partial charge in [-0.1, -0.05) is 79.7 Å². The van der Waals surface area contributed by atoms with Gasteiger partial charge in [-0.15, -0.1) is 0 Å². The van der Waals surface area contributed by atoms with Crippen molar-refractivity contribution in [1.82, 2.24) is 4.98 Å². The first-order valence-corrected chi connectivity index (χ1v) is 14.2. The molecule has 0 amide bonds. The second-order valence-corrected chi connectivity index (χ2v) is 14.1. The minimum atomic E-state index is -0.209. The van der Waals surface area contributed by atoms with Crippen molar-refractivity contribution in [2.24, 2.45) is 28.7 Å². The summed E-state index contributed by atoms with van der Waals surface area (Å²) in [6, 6.07) is 8.86. The van der Waals surface area contributed by atoms with Crippen LogP contribution >= 0.6 is 0 Å². The van der Waals surface area contributed by atoms with Crippen LogP contribution in [0.15, 0.2) is 119 Å². The number of aromatic nitrogens is 2. The molecule has 2 aromatic heterocycles. The topological polar surface area (TPSA) is 16.8 Å². The first-order valence-electron chi connectivity index (χ1n) is 14.2. The van der Waals surface area contributed by atoms with E-state index in [1.807, 2.05) is 12.4 Å². The van der Waals surface area contributed by atoms with E-state index in [1.165, 1.54) is 55.7 Å². The average molecular weight is 514 g/mol. The second-order valence-electron chi connectivity index (χ2n) is 14.1. The van der Waals surface area contributed by atoms with Crippen LogP contribution < -0.4 is 4.57 Å². The molecule has 2 heterocycles. The highest BCUT2D eigenvalue weighted by molar-refractivity contribution is 5.94. The summed E-state index contributed by atoms with van der Waals surface area (Å²) < 4.78 is 2.11. The third-order valence-corrected chi connectivity index (χ3v) is 9.65. The molecule has 0 aromatic carbocycles. The van der Waals surface area contributed by atoms with Gasteiger partial charge in [0, 0.05) is 35.4 Å². The van der Waals surface area contributed by atoms with Crippen LogP contribution in [0.3, 0.4) is 0 Å². The normalized spacial score (nSPS) is 26.1. The van der Waals surface area contributed by atoms with Crippen molar-refractivity contribution in [3.63, 3.8) is 0 Å². The molecule has 0 fully saturated rings. The van der Waals surface area contributed by atoms with Gasteiger partial charge in [-0.2, -0.15) is 0 Å². The summed E-state index contributed by atoms with van der Waals surface area (Å²) in [4.78, 5) is 4.34. The number of rotatable bonds is 2. The first kappa shape index (κ1) is 25.7. The molecule has 2 atom stereocenters. The largest absolute Gasteiger partial charge is 0.265 e. The summed E-state index contributed by atoms with van der Waals surface area (Å²) in [7, 11) is 2.08. The minimum absolute atomic E-state index is 0.0338. The van der Waals surface area contributed by atoms with Gasteiger partial charge in [0.15, 0.2) is 12.4 Å². The fourth-order valence-corrected chi connectivity index (χ4v) is 6.82. The van der Waals surface area contributed by atoms with Gasteiger partial charge in [0.1, 0.15) is 7.05 Å². The summed E-state index contributed by atoms with van der Waals surface area (Å²) in [6.45, 7) is 18.9. The van der Waals surface area contributed by atoms with E-state index in [0.717, 1.165) is 0 Å². The van der Waals surface area contributed by atoms with Crippen molar-refractivity contribution < 1.29 is 4.57 Å². The van der Waals surface area contributed by atoms with Crippen LogP contribution in [0, 0.1) is 21.7 Å². The second kappa shape index (κ2) is 8.24. The van der Waals surface area contributed by atoms with Gasteiger partial charge in [0.05, 0.1) is 0 Å². The summed E-state index contributed by atoms with van der Waals surface area (Å²) in [5.74, 6) is 0. The van der Waals surface area contributed by atoms with Gasteiger partial charge in [0.25, 0.3) is 0 Å². The molecule has 0 spiro atoms. The maximum absolute atomic E-state index is 4.34. The Morgan fingerprint density at radius 3 is 1.85 bits per heavy atom. The third kappa shape index (κ3) is 3.68. The number of pyridine rings is 2. The van der Waals surface area contributed by atoms with E-state index in [0.29, 0.717) is 0 Å². The van der Waals surface area contributed by atoms with E-state index < -0.39 is 0 Å². The Bertz CT molecular complexity index is 1600. The molecule has 4 aliphatic carbocycles. The average Bonchev–Trinajstić information content (AvgIpc) is 2.87. The molecule has 0 radical (unpaired) electrons. The lowest BCUT2D eigenvalue weighted by Crippen LogP contribution is -2.49. The summed E-state index contributed by atoms with van der Waals surface area (Å²) in [5.41, 5.74) is 13.2. The molecule has 2 unspecified atom stereocenters. The van der Waals surface area contributed by atoms with Crippen LogP contribution in [0.5, 0.6) is 0 Å². The molecule has 39 heavy (non-hydrogen) atoms. The van der Waals surface area contributed by atoms with Crippen molar-refractivity contribution in [2.75, 3.05) is 0 Å². The number of hydrogen-bond acceptors (Lipinski definition) is 1. The maximum atomic E-state index is 4.34. The Hall–Kier alpha value is -3.52. The Morgan fingerprint density at radius 2 is 1.23 bits per heavy atom. The SMILES string of the molecule is C[n+]1ccc(C2=C3C=C(C(C)(C)C)C=C4C=C(c5ccncc5)C5=CC(C(C)(C)C)=CC(=C2)C5(C)C43C)cc1. The molecule has 0 saturated carbocycles. The van der Waals surface area contributed by atoms with Crippen molar-refractivity contribution in [3.05, 3.63) is 130 Å². The minimum Gasteiger partial charge on any atom is -0.265 e. The Kier molecular flexibility index (Phi) is 5.44. The van der Waals surface area contributed by atoms with Crippen molar-refractivity contribution in [2.45, 2.75) is 55.4 Å². The monoisotopic (exact) mass is 513 g/mol. The highest BCUT2D eigenvalue weighted by Gasteiger charge is 2.59. The smallest absolute Gasteiger partial charge is 0.169 e. The van der Waals surface area contributed by atoms with Crippen LogP contribution in [0.1, 0.15) is 66.5 Å². The number of aryl methyl sites for hydroxylation is 1. The van der Waals surface area contributed by atoms with Crippen LogP contribution in [0.25, 0.3) is 11.1 Å². The van der Waals surface area contributed by atoms with E-state index in [2.05, 4.69) is 145 Å². The number of hydrogen-bond donors (Lipinski definition) is 0. The molecule has 0 saturated heterocycles. The molecule has 4 aliphatic rings. The standard InChI is InChI=1S/C37H41N2/c1-34(2,3)26-19-29-21-31(25-12-16-39(9)17-13-25)33-23-27(35(4,5)6)18-28-20-30(24-10-14-38-15-11-24)32(22-26)36(29,7)37(28,33)8/h10-23H,1-9H3/q+1. The molecule has 198 valence electrons. The van der Waals surface area contributed by atoms with Gasteiger partial charge >= 0.3 is 0 Å². The molecular weight excluding hydrogens is 472 g/mol. The van der Waals surface area contributed by atoms with Gasteiger partial charge < -0.3 is 0 Å². The Balaban J connectivity index is 1.76. The van der Waals surface area contributed by atoms with Gasteiger partial charge in [0.2, 0.25) is 0 Å². The third-order valence-electron chi connectivity index (χ3n) is 9.65. The van der Waals surface area contributed by atoms with E-state index in [4.69, 9.17) is 0 Å². The molecule has 2 aromatic rings. The van der Waals surface area contributed by atoms with Gasteiger partial charge in [-0.25, -0.2) is 4.57 Å². The van der Waals surface area contributed by atoms with Gasteiger partial charge in [-0.3, -0.25) is 4.98 Å². The van der Waals surface area contributed by atoms with E-state index >= 15 is 0 Å². The number of allylic oxidation sites excluding steroid dienone is 14. The summed E-state index contributed by atoms with van der Waals surface area (Å²) in [6.07, 6.45) is 23.1. The molecule has 2 nitrogen and oxygen atoms in total. The van der Waals surface area contributed by atoms with Crippen molar-refractivity contribution >= 4 is 11.1 Å². The van der Waals surface area contributed by atoms with Crippen molar-refractivity contribution in [3.8, 4) is 0 Å².